The first-order valence-electron chi connectivity index (χ1n) is 6.43. The lowest BCUT2D eigenvalue weighted by molar-refractivity contribution is -0.136. The van der Waals surface area contributed by atoms with Crippen LogP contribution in [-0.2, 0) is 9.59 Å². The highest BCUT2D eigenvalue weighted by atomic mass is 35.5. The fraction of sp³-hybridized carbons (Fsp3) is 0.467. The van der Waals surface area contributed by atoms with Crippen molar-refractivity contribution in [3.8, 4) is 0 Å². The Kier molecular flexibility index (Phi) is 5.17. The van der Waals surface area contributed by atoms with Gasteiger partial charge < -0.3 is 10.0 Å². The summed E-state index contributed by atoms with van der Waals surface area (Å²) in [4.78, 5) is 24.8. The lowest BCUT2D eigenvalue weighted by Crippen LogP contribution is -2.41. The molecule has 0 saturated heterocycles. The Balaban J connectivity index is 3.15. The molecule has 0 radical (unpaired) electrons. The lowest BCUT2D eigenvalue weighted by Gasteiger charge is -2.30. The Bertz CT molecular complexity index is 520. The van der Waals surface area contributed by atoms with E-state index >= 15 is 0 Å². The third-order valence-electron chi connectivity index (χ3n) is 2.89. The fourth-order valence-electron chi connectivity index (χ4n) is 1.87. The molecular formula is C15H20ClNO3. The summed E-state index contributed by atoms with van der Waals surface area (Å²) >= 11 is 5.92. The Morgan fingerprint density at radius 2 is 1.90 bits per heavy atom. The van der Waals surface area contributed by atoms with Crippen molar-refractivity contribution in [1.82, 2.24) is 0 Å². The zero-order chi connectivity index (χ0) is 15.5. The minimum absolute atomic E-state index is 0.0934. The number of aryl methyl sites for hydroxylation is 1. The number of aliphatic carboxylic acids is 1. The number of benzene rings is 1. The van der Waals surface area contributed by atoms with Gasteiger partial charge in [0.25, 0.3) is 0 Å². The molecule has 0 aliphatic rings. The van der Waals surface area contributed by atoms with Crippen LogP contribution in [0.1, 0.15) is 32.8 Å². The van der Waals surface area contributed by atoms with Crippen LogP contribution < -0.4 is 4.90 Å². The minimum atomic E-state index is -0.927. The molecule has 0 saturated carbocycles. The standard InChI is InChI=1S/C15H20ClNO3/c1-10-9-11(16)5-6-12(10)17(8-7-13(18)19)14(20)15(2,3)4/h5-6,9H,7-8H2,1-4H3,(H,18,19). The van der Waals surface area contributed by atoms with Crippen molar-refractivity contribution in [3.63, 3.8) is 0 Å². The van der Waals surface area contributed by atoms with Gasteiger partial charge in [-0.05, 0) is 30.7 Å². The van der Waals surface area contributed by atoms with Gasteiger partial charge in [-0.2, -0.15) is 0 Å². The number of hydrogen-bond donors (Lipinski definition) is 1. The van der Waals surface area contributed by atoms with E-state index in [0.29, 0.717) is 10.7 Å². The third kappa shape index (κ3) is 4.23. The predicted octanol–water partition coefficient (Wildman–Crippen LogP) is 3.50. The van der Waals surface area contributed by atoms with E-state index in [1.807, 2.05) is 27.7 Å². The first kappa shape index (κ1) is 16.5. The summed E-state index contributed by atoms with van der Waals surface area (Å²) in [6.07, 6.45) is -0.0934. The van der Waals surface area contributed by atoms with Gasteiger partial charge in [-0.25, -0.2) is 0 Å². The third-order valence-corrected chi connectivity index (χ3v) is 3.12. The average molecular weight is 298 g/mol. The summed E-state index contributed by atoms with van der Waals surface area (Å²) in [7, 11) is 0. The van der Waals surface area contributed by atoms with E-state index in [9.17, 15) is 9.59 Å². The normalized spacial score (nSPS) is 11.2. The molecule has 20 heavy (non-hydrogen) atoms. The average Bonchev–Trinajstić information content (AvgIpc) is 2.29. The van der Waals surface area contributed by atoms with E-state index in [-0.39, 0.29) is 18.9 Å². The molecule has 0 heterocycles. The van der Waals surface area contributed by atoms with Crippen LogP contribution in [0.15, 0.2) is 18.2 Å². The number of carbonyl (C=O) groups is 2. The maximum Gasteiger partial charge on any atom is 0.305 e. The number of anilines is 1. The van der Waals surface area contributed by atoms with E-state index < -0.39 is 11.4 Å². The van der Waals surface area contributed by atoms with Crippen molar-refractivity contribution in [2.45, 2.75) is 34.1 Å². The van der Waals surface area contributed by atoms with Gasteiger partial charge >= 0.3 is 5.97 Å². The number of hydrogen-bond acceptors (Lipinski definition) is 2. The smallest absolute Gasteiger partial charge is 0.305 e. The molecule has 1 rings (SSSR count). The highest BCUT2D eigenvalue weighted by molar-refractivity contribution is 6.30. The highest BCUT2D eigenvalue weighted by Crippen LogP contribution is 2.28. The molecule has 0 aliphatic carbocycles. The van der Waals surface area contributed by atoms with Crippen LogP contribution in [0.25, 0.3) is 0 Å². The van der Waals surface area contributed by atoms with Gasteiger partial charge in [0.05, 0.1) is 6.42 Å². The number of amides is 1. The molecule has 1 aromatic rings. The van der Waals surface area contributed by atoms with Crippen molar-refractivity contribution in [2.24, 2.45) is 5.41 Å². The number of rotatable bonds is 4. The van der Waals surface area contributed by atoms with Crippen molar-refractivity contribution in [2.75, 3.05) is 11.4 Å². The number of carbonyl (C=O) groups excluding carboxylic acids is 1. The van der Waals surface area contributed by atoms with Crippen LogP contribution in [0.2, 0.25) is 5.02 Å². The van der Waals surface area contributed by atoms with Crippen molar-refractivity contribution >= 4 is 29.2 Å². The Morgan fingerprint density at radius 3 is 2.35 bits per heavy atom. The van der Waals surface area contributed by atoms with Gasteiger partial charge in [0.1, 0.15) is 0 Å². The van der Waals surface area contributed by atoms with E-state index in [4.69, 9.17) is 16.7 Å². The Labute approximate surface area is 124 Å². The van der Waals surface area contributed by atoms with Gasteiger partial charge in [-0.1, -0.05) is 32.4 Å². The molecule has 1 N–H and O–H groups in total. The number of carboxylic acid groups (broad SMARTS) is 1. The van der Waals surface area contributed by atoms with Crippen molar-refractivity contribution in [1.29, 1.82) is 0 Å². The van der Waals surface area contributed by atoms with Crippen LogP contribution in [0.3, 0.4) is 0 Å². The molecule has 5 heteroatoms. The van der Waals surface area contributed by atoms with Crippen LogP contribution in [0, 0.1) is 12.3 Å². The Hall–Kier alpha value is -1.55. The maximum absolute atomic E-state index is 12.5. The molecule has 110 valence electrons. The molecule has 4 nitrogen and oxygen atoms in total. The van der Waals surface area contributed by atoms with Gasteiger partial charge in [-0.15, -0.1) is 0 Å². The number of nitrogens with zero attached hydrogens (tertiary/aromatic N) is 1. The second-order valence-electron chi connectivity index (χ2n) is 5.78. The van der Waals surface area contributed by atoms with Gasteiger partial charge in [0, 0.05) is 22.7 Å². The molecule has 0 spiro atoms. The largest absolute Gasteiger partial charge is 0.481 e. The zero-order valence-corrected chi connectivity index (χ0v) is 13.0. The van der Waals surface area contributed by atoms with Gasteiger partial charge in [-0.3, -0.25) is 9.59 Å². The first-order valence-corrected chi connectivity index (χ1v) is 6.80. The van der Waals surface area contributed by atoms with E-state index in [1.165, 1.54) is 4.90 Å². The molecule has 1 amide bonds. The van der Waals surface area contributed by atoms with Crippen molar-refractivity contribution in [3.05, 3.63) is 28.8 Å². The molecule has 0 aromatic heterocycles. The summed E-state index contributed by atoms with van der Waals surface area (Å²) < 4.78 is 0. The zero-order valence-electron chi connectivity index (χ0n) is 12.2. The summed E-state index contributed by atoms with van der Waals surface area (Å²) in [5.74, 6) is -1.03. The summed E-state index contributed by atoms with van der Waals surface area (Å²) in [5, 5.41) is 9.44. The maximum atomic E-state index is 12.5. The predicted molar refractivity (Wildman–Crippen MR) is 80.2 cm³/mol. The van der Waals surface area contributed by atoms with Crippen LogP contribution in [0.4, 0.5) is 5.69 Å². The highest BCUT2D eigenvalue weighted by Gasteiger charge is 2.29. The van der Waals surface area contributed by atoms with Crippen LogP contribution in [-0.4, -0.2) is 23.5 Å². The molecule has 0 atom stereocenters. The second-order valence-corrected chi connectivity index (χ2v) is 6.22. The van der Waals surface area contributed by atoms with E-state index in [1.54, 1.807) is 18.2 Å². The molecular weight excluding hydrogens is 278 g/mol. The topological polar surface area (TPSA) is 57.6 Å². The van der Waals surface area contributed by atoms with E-state index in [0.717, 1.165) is 5.56 Å². The molecule has 1 aromatic carbocycles. The first-order chi connectivity index (χ1) is 9.12. The van der Waals surface area contributed by atoms with Gasteiger partial charge in [0.15, 0.2) is 0 Å². The van der Waals surface area contributed by atoms with Gasteiger partial charge in [0.2, 0.25) is 5.91 Å². The molecule has 0 unspecified atom stereocenters. The van der Waals surface area contributed by atoms with Crippen molar-refractivity contribution < 1.29 is 14.7 Å². The molecule has 0 aliphatic heterocycles. The van der Waals surface area contributed by atoms with Crippen LogP contribution >= 0.6 is 11.6 Å². The summed E-state index contributed by atoms with van der Waals surface area (Å²) in [6, 6.07) is 5.22. The number of carboxylic acids is 1. The van der Waals surface area contributed by atoms with Crippen LogP contribution in [0.5, 0.6) is 0 Å². The fourth-order valence-corrected chi connectivity index (χ4v) is 2.09. The summed E-state index contributed by atoms with van der Waals surface area (Å²) in [5.41, 5.74) is 0.973. The Morgan fingerprint density at radius 1 is 1.30 bits per heavy atom. The molecule has 0 bridgehead atoms. The molecule has 0 fully saturated rings. The lowest BCUT2D eigenvalue weighted by atomic mass is 9.94. The quantitative estimate of drug-likeness (QED) is 0.925. The second kappa shape index (κ2) is 6.27. The summed E-state index contributed by atoms with van der Waals surface area (Å²) in [6.45, 7) is 7.44. The number of halogens is 1. The van der Waals surface area contributed by atoms with E-state index in [2.05, 4.69) is 0 Å². The SMILES string of the molecule is Cc1cc(Cl)ccc1N(CCC(=O)O)C(=O)C(C)(C)C. The minimum Gasteiger partial charge on any atom is -0.481 e. The monoisotopic (exact) mass is 297 g/mol.